The Morgan fingerprint density at radius 2 is 1.70 bits per heavy atom. The molecule has 0 bridgehead atoms. The van der Waals surface area contributed by atoms with E-state index in [4.69, 9.17) is 5.73 Å². The fraction of sp³-hybridized carbons (Fsp3) is 0.316. The van der Waals surface area contributed by atoms with Gasteiger partial charge in [-0.15, -0.1) is 11.8 Å². The summed E-state index contributed by atoms with van der Waals surface area (Å²) in [5, 5.41) is 0.149. The maximum atomic E-state index is 12.0. The minimum atomic E-state index is -0.297. The van der Waals surface area contributed by atoms with Gasteiger partial charge >= 0.3 is 6.03 Å². The molecule has 0 radical (unpaired) electrons. The summed E-state index contributed by atoms with van der Waals surface area (Å²) in [4.78, 5) is 15.0. The van der Waals surface area contributed by atoms with Gasteiger partial charge < -0.3 is 10.6 Å². The lowest BCUT2D eigenvalue weighted by Crippen LogP contribution is -2.43. The van der Waals surface area contributed by atoms with E-state index in [0.29, 0.717) is 0 Å². The number of hydrogen-bond acceptors (Lipinski definition) is 2. The zero-order valence-corrected chi connectivity index (χ0v) is 13.9. The highest BCUT2D eigenvalue weighted by Crippen LogP contribution is 2.37. The molecule has 2 N–H and O–H groups in total. The van der Waals surface area contributed by atoms with Crippen LogP contribution in [0.1, 0.15) is 24.8 Å². The summed E-state index contributed by atoms with van der Waals surface area (Å²) in [5.74, 6) is 0. The van der Waals surface area contributed by atoms with Crippen molar-refractivity contribution in [3.05, 3.63) is 66.2 Å². The normalized spacial score (nSPS) is 20.6. The van der Waals surface area contributed by atoms with Crippen LogP contribution < -0.4 is 5.73 Å². The molecule has 120 valence electrons. The van der Waals surface area contributed by atoms with Gasteiger partial charge in [-0.3, -0.25) is 0 Å². The minimum Gasteiger partial charge on any atom is -0.351 e. The third-order valence-corrected chi connectivity index (χ3v) is 5.61. The molecule has 2 atom stereocenters. The van der Waals surface area contributed by atoms with E-state index in [1.807, 2.05) is 29.2 Å². The second-order valence-corrected chi connectivity index (χ2v) is 7.14. The Kier molecular flexibility index (Phi) is 5.23. The van der Waals surface area contributed by atoms with Crippen LogP contribution in [0.2, 0.25) is 0 Å². The van der Waals surface area contributed by atoms with Crippen molar-refractivity contribution in [3.8, 4) is 0 Å². The Morgan fingerprint density at radius 3 is 2.35 bits per heavy atom. The van der Waals surface area contributed by atoms with Gasteiger partial charge in [-0.05, 0) is 43.4 Å². The number of nitrogens with two attached hydrogens (primary N) is 1. The van der Waals surface area contributed by atoms with Crippen molar-refractivity contribution in [1.82, 2.24) is 4.90 Å². The Hall–Kier alpha value is -1.94. The summed E-state index contributed by atoms with van der Waals surface area (Å²) >= 11 is 1.74. The van der Waals surface area contributed by atoms with Crippen LogP contribution in [0, 0.1) is 0 Å². The van der Waals surface area contributed by atoms with Gasteiger partial charge in [0.15, 0.2) is 0 Å². The highest BCUT2D eigenvalue weighted by molar-refractivity contribution is 7.99. The number of rotatable bonds is 5. The number of amides is 2. The van der Waals surface area contributed by atoms with E-state index in [0.717, 1.165) is 25.7 Å². The molecule has 3 nitrogen and oxygen atoms in total. The third-order valence-electron chi connectivity index (χ3n) is 4.33. The largest absolute Gasteiger partial charge is 0.351 e. The molecular formula is C19H22N2OS. The van der Waals surface area contributed by atoms with Crippen LogP contribution in [0.3, 0.4) is 0 Å². The number of thioether (sulfide) groups is 1. The first-order valence-corrected chi connectivity index (χ1v) is 8.95. The van der Waals surface area contributed by atoms with Crippen molar-refractivity contribution in [1.29, 1.82) is 0 Å². The highest BCUT2D eigenvalue weighted by atomic mass is 32.2. The number of primary amides is 1. The van der Waals surface area contributed by atoms with Crippen LogP contribution in [-0.2, 0) is 6.42 Å². The summed E-state index contributed by atoms with van der Waals surface area (Å²) in [7, 11) is 0. The number of likely N-dealkylation sites (tertiary alicyclic amines) is 1. The summed E-state index contributed by atoms with van der Waals surface area (Å²) in [6.45, 7) is 0. The van der Waals surface area contributed by atoms with E-state index >= 15 is 0 Å². The average Bonchev–Trinajstić information content (AvgIpc) is 2.98. The van der Waals surface area contributed by atoms with Gasteiger partial charge in [0, 0.05) is 10.9 Å². The fourth-order valence-corrected chi connectivity index (χ4v) is 4.48. The molecular weight excluding hydrogens is 304 g/mol. The van der Waals surface area contributed by atoms with Gasteiger partial charge in [0.1, 0.15) is 0 Å². The molecule has 0 spiro atoms. The molecule has 2 aromatic carbocycles. The van der Waals surface area contributed by atoms with Crippen molar-refractivity contribution in [2.45, 2.75) is 42.0 Å². The Labute approximate surface area is 141 Å². The molecule has 1 fully saturated rings. The SMILES string of the molecule is NC(=O)N1C(CCc2ccccc2)CCC1Sc1ccccc1. The summed E-state index contributed by atoms with van der Waals surface area (Å²) in [6.07, 6.45) is 3.99. The van der Waals surface area contributed by atoms with Gasteiger partial charge in [-0.1, -0.05) is 48.5 Å². The molecule has 1 aliphatic rings. The topological polar surface area (TPSA) is 46.3 Å². The molecule has 0 aromatic heterocycles. The van der Waals surface area contributed by atoms with Crippen molar-refractivity contribution < 1.29 is 4.79 Å². The Morgan fingerprint density at radius 1 is 1.04 bits per heavy atom. The van der Waals surface area contributed by atoms with Gasteiger partial charge in [0.25, 0.3) is 0 Å². The molecule has 2 unspecified atom stereocenters. The molecule has 23 heavy (non-hydrogen) atoms. The van der Waals surface area contributed by atoms with Gasteiger partial charge in [-0.2, -0.15) is 0 Å². The van der Waals surface area contributed by atoms with Gasteiger partial charge in [-0.25, -0.2) is 4.79 Å². The molecule has 2 amide bonds. The maximum Gasteiger partial charge on any atom is 0.315 e. The smallest absolute Gasteiger partial charge is 0.315 e. The van der Waals surface area contributed by atoms with Crippen molar-refractivity contribution in [2.75, 3.05) is 0 Å². The van der Waals surface area contributed by atoms with E-state index < -0.39 is 0 Å². The lowest BCUT2D eigenvalue weighted by Gasteiger charge is -2.28. The van der Waals surface area contributed by atoms with Crippen LogP contribution in [0.25, 0.3) is 0 Å². The molecule has 4 heteroatoms. The van der Waals surface area contributed by atoms with Crippen LogP contribution in [0.15, 0.2) is 65.6 Å². The fourth-order valence-electron chi connectivity index (χ4n) is 3.20. The standard InChI is InChI=1S/C19H22N2OS/c20-19(22)21-16(12-11-15-7-3-1-4-8-15)13-14-18(21)23-17-9-5-2-6-10-17/h1-10,16,18H,11-14H2,(H2,20,22). The molecule has 0 saturated carbocycles. The van der Waals surface area contributed by atoms with E-state index in [1.54, 1.807) is 11.8 Å². The highest BCUT2D eigenvalue weighted by Gasteiger charge is 2.36. The first-order valence-electron chi connectivity index (χ1n) is 8.07. The quantitative estimate of drug-likeness (QED) is 0.891. The number of urea groups is 1. The van der Waals surface area contributed by atoms with Crippen molar-refractivity contribution >= 4 is 17.8 Å². The lowest BCUT2D eigenvalue weighted by molar-refractivity contribution is 0.195. The average molecular weight is 326 g/mol. The Bertz CT molecular complexity index is 632. The van der Waals surface area contributed by atoms with Crippen LogP contribution >= 0.6 is 11.8 Å². The van der Waals surface area contributed by atoms with Gasteiger partial charge in [0.05, 0.1) is 5.37 Å². The number of carbonyl (C=O) groups excluding carboxylic acids is 1. The monoisotopic (exact) mass is 326 g/mol. The van der Waals surface area contributed by atoms with E-state index in [2.05, 4.69) is 36.4 Å². The van der Waals surface area contributed by atoms with Crippen LogP contribution in [0.4, 0.5) is 4.79 Å². The summed E-state index contributed by atoms with van der Waals surface area (Å²) in [5.41, 5.74) is 6.99. The van der Waals surface area contributed by atoms with E-state index in [1.165, 1.54) is 10.5 Å². The first kappa shape index (κ1) is 15.9. The van der Waals surface area contributed by atoms with Crippen molar-refractivity contribution in [2.24, 2.45) is 5.73 Å². The minimum absolute atomic E-state index is 0.149. The lowest BCUT2D eigenvalue weighted by atomic mass is 10.0. The van der Waals surface area contributed by atoms with Crippen LogP contribution in [0.5, 0.6) is 0 Å². The molecule has 1 heterocycles. The second-order valence-electron chi connectivity index (χ2n) is 5.89. The van der Waals surface area contributed by atoms with Gasteiger partial charge in [0.2, 0.25) is 0 Å². The number of carbonyl (C=O) groups is 1. The zero-order valence-electron chi connectivity index (χ0n) is 13.1. The predicted octanol–water partition coefficient (Wildman–Crippen LogP) is 4.28. The van der Waals surface area contributed by atoms with E-state index in [-0.39, 0.29) is 17.4 Å². The Balaban J connectivity index is 1.64. The maximum absolute atomic E-state index is 12.0. The summed E-state index contributed by atoms with van der Waals surface area (Å²) < 4.78 is 0. The van der Waals surface area contributed by atoms with E-state index in [9.17, 15) is 4.79 Å². The summed E-state index contributed by atoms with van der Waals surface area (Å²) in [6, 6.07) is 20.6. The second kappa shape index (κ2) is 7.55. The predicted molar refractivity (Wildman–Crippen MR) is 95.3 cm³/mol. The molecule has 3 rings (SSSR count). The molecule has 1 saturated heterocycles. The molecule has 1 aliphatic heterocycles. The van der Waals surface area contributed by atoms with Crippen LogP contribution in [-0.4, -0.2) is 22.3 Å². The number of hydrogen-bond donors (Lipinski definition) is 1. The zero-order chi connectivity index (χ0) is 16.1. The number of nitrogens with zero attached hydrogens (tertiary/aromatic N) is 1. The third kappa shape index (κ3) is 4.08. The molecule has 0 aliphatic carbocycles. The van der Waals surface area contributed by atoms with Crippen molar-refractivity contribution in [3.63, 3.8) is 0 Å². The molecule has 2 aromatic rings. The first-order chi connectivity index (χ1) is 11.2. The number of benzene rings is 2. The number of aryl methyl sites for hydroxylation is 1.